The molecule has 0 radical (unpaired) electrons. The molecule has 2 aromatic rings. The van der Waals surface area contributed by atoms with Gasteiger partial charge < -0.3 is 14.5 Å². The van der Waals surface area contributed by atoms with Crippen molar-refractivity contribution in [1.29, 1.82) is 0 Å². The highest BCUT2D eigenvalue weighted by Gasteiger charge is 2.18. The van der Waals surface area contributed by atoms with Crippen LogP contribution in [0, 0.1) is 0 Å². The van der Waals surface area contributed by atoms with Crippen LogP contribution in [0.3, 0.4) is 0 Å². The number of nitrogens with zero attached hydrogens (tertiary/aromatic N) is 1. The highest BCUT2D eigenvalue weighted by Crippen LogP contribution is 2.40. The summed E-state index contributed by atoms with van der Waals surface area (Å²) < 4.78 is 12.0. The van der Waals surface area contributed by atoms with Crippen molar-refractivity contribution in [3.05, 3.63) is 38.7 Å². The first-order valence-electron chi connectivity index (χ1n) is 6.75. The van der Waals surface area contributed by atoms with Crippen molar-refractivity contribution < 1.29 is 9.47 Å². The quantitative estimate of drug-likeness (QED) is 0.903. The molecule has 2 heterocycles. The summed E-state index contributed by atoms with van der Waals surface area (Å²) in [5.41, 5.74) is 1.39. The number of hydrogen-bond donors (Lipinski definition) is 1. The van der Waals surface area contributed by atoms with Crippen LogP contribution in [0.15, 0.2) is 27.5 Å². The summed E-state index contributed by atoms with van der Waals surface area (Å²) in [6.45, 7) is 5.05. The normalized spacial score (nSPS) is 13.5. The first-order valence-corrected chi connectivity index (χ1v) is 7.54. The van der Waals surface area contributed by atoms with E-state index >= 15 is 0 Å². The zero-order valence-corrected chi connectivity index (χ0v) is 13.4. The van der Waals surface area contributed by atoms with Crippen LogP contribution < -0.4 is 15.0 Å². The lowest BCUT2D eigenvalue weighted by Crippen LogP contribution is -2.16. The van der Waals surface area contributed by atoms with Gasteiger partial charge in [-0.2, -0.15) is 0 Å². The Balaban J connectivity index is 2.12. The van der Waals surface area contributed by atoms with E-state index in [1.165, 1.54) is 6.07 Å². The van der Waals surface area contributed by atoms with Crippen molar-refractivity contribution in [2.24, 2.45) is 0 Å². The van der Waals surface area contributed by atoms with Gasteiger partial charge >= 0.3 is 0 Å². The van der Waals surface area contributed by atoms with E-state index in [-0.39, 0.29) is 11.5 Å². The van der Waals surface area contributed by atoms with Gasteiger partial charge in [0, 0.05) is 11.6 Å². The van der Waals surface area contributed by atoms with Gasteiger partial charge in [-0.05, 0) is 34.0 Å². The Hall–Kier alpha value is -1.82. The molecule has 0 spiro atoms. The molecule has 0 amide bonds. The molecule has 6 heteroatoms. The highest BCUT2D eigenvalue weighted by molar-refractivity contribution is 9.10. The number of H-pyrrole nitrogens is 1. The Morgan fingerprint density at radius 3 is 2.76 bits per heavy atom. The summed E-state index contributed by atoms with van der Waals surface area (Å²) >= 11 is 3.47. The molecule has 1 aliphatic rings. The number of aromatic amines is 1. The largest absolute Gasteiger partial charge is 0.486 e. The van der Waals surface area contributed by atoms with Crippen LogP contribution in [0.1, 0.15) is 25.5 Å². The molecular formula is C15H15BrN2O3. The van der Waals surface area contributed by atoms with E-state index in [2.05, 4.69) is 25.9 Å². The lowest BCUT2D eigenvalue weighted by molar-refractivity contribution is 0.170. The topological polar surface area (TPSA) is 64.2 Å². The number of benzene rings is 1. The lowest BCUT2D eigenvalue weighted by Gasteiger charge is -2.20. The van der Waals surface area contributed by atoms with Crippen LogP contribution in [-0.2, 0) is 0 Å². The second-order valence-electron chi connectivity index (χ2n) is 5.16. The number of ether oxygens (including phenoxy) is 2. The SMILES string of the molecule is CC(C)c1cc(=O)[nH]c(-c2cc(Br)c3c(c2)OCCO3)n1. The van der Waals surface area contributed by atoms with Crippen LogP contribution in [0.25, 0.3) is 11.4 Å². The zero-order chi connectivity index (χ0) is 15.0. The van der Waals surface area contributed by atoms with Crippen molar-refractivity contribution in [1.82, 2.24) is 9.97 Å². The molecule has 5 nitrogen and oxygen atoms in total. The minimum atomic E-state index is -0.158. The first-order chi connectivity index (χ1) is 10.0. The fraction of sp³-hybridized carbons (Fsp3) is 0.333. The number of hydrogen-bond acceptors (Lipinski definition) is 4. The van der Waals surface area contributed by atoms with Crippen LogP contribution in [-0.4, -0.2) is 23.2 Å². The Bertz CT molecular complexity index is 740. The Labute approximate surface area is 130 Å². The van der Waals surface area contributed by atoms with E-state index in [0.717, 1.165) is 15.7 Å². The summed E-state index contributed by atoms with van der Waals surface area (Å²) in [4.78, 5) is 19.1. The van der Waals surface area contributed by atoms with E-state index in [1.54, 1.807) is 0 Å². The van der Waals surface area contributed by atoms with Crippen LogP contribution >= 0.6 is 15.9 Å². The van der Waals surface area contributed by atoms with Crippen molar-refractivity contribution in [2.45, 2.75) is 19.8 Å². The molecule has 0 saturated carbocycles. The van der Waals surface area contributed by atoms with Gasteiger partial charge in [-0.15, -0.1) is 0 Å². The number of fused-ring (bicyclic) bond motifs is 1. The third-order valence-electron chi connectivity index (χ3n) is 3.22. The molecule has 0 bridgehead atoms. The van der Waals surface area contributed by atoms with Crippen molar-refractivity contribution in [3.63, 3.8) is 0 Å². The smallest absolute Gasteiger partial charge is 0.251 e. The van der Waals surface area contributed by atoms with Gasteiger partial charge in [0.15, 0.2) is 11.5 Å². The molecule has 1 aromatic heterocycles. The molecular weight excluding hydrogens is 336 g/mol. The van der Waals surface area contributed by atoms with E-state index in [1.807, 2.05) is 26.0 Å². The number of aromatic nitrogens is 2. The second-order valence-corrected chi connectivity index (χ2v) is 6.01. The molecule has 0 saturated heterocycles. The standard InChI is InChI=1S/C15H15BrN2O3/c1-8(2)11-7-13(19)18-15(17-11)9-5-10(16)14-12(6-9)20-3-4-21-14/h5-8H,3-4H2,1-2H3,(H,17,18,19). The summed E-state index contributed by atoms with van der Waals surface area (Å²) in [6, 6.07) is 5.23. The van der Waals surface area contributed by atoms with Crippen molar-refractivity contribution in [2.75, 3.05) is 13.2 Å². The summed E-state index contributed by atoms with van der Waals surface area (Å²) in [7, 11) is 0. The number of rotatable bonds is 2. The minimum Gasteiger partial charge on any atom is -0.486 e. The molecule has 3 rings (SSSR count). The Morgan fingerprint density at radius 1 is 1.24 bits per heavy atom. The second kappa shape index (κ2) is 5.52. The maximum Gasteiger partial charge on any atom is 0.251 e. The predicted molar refractivity (Wildman–Crippen MR) is 83.1 cm³/mol. The third kappa shape index (κ3) is 2.81. The van der Waals surface area contributed by atoms with E-state index in [0.29, 0.717) is 30.5 Å². The Kier molecular flexibility index (Phi) is 3.71. The molecule has 21 heavy (non-hydrogen) atoms. The number of nitrogens with one attached hydrogen (secondary N) is 1. The van der Waals surface area contributed by atoms with Gasteiger partial charge in [-0.3, -0.25) is 4.79 Å². The summed E-state index contributed by atoms with van der Waals surface area (Å²) in [5.74, 6) is 2.06. The fourth-order valence-corrected chi connectivity index (χ4v) is 2.71. The van der Waals surface area contributed by atoms with Crippen LogP contribution in [0.5, 0.6) is 11.5 Å². The van der Waals surface area contributed by atoms with Gasteiger partial charge in [0.2, 0.25) is 0 Å². The van der Waals surface area contributed by atoms with Gasteiger partial charge in [0.25, 0.3) is 5.56 Å². The molecule has 1 aromatic carbocycles. The van der Waals surface area contributed by atoms with Gasteiger partial charge in [0.05, 0.1) is 10.2 Å². The summed E-state index contributed by atoms with van der Waals surface area (Å²) in [5, 5.41) is 0. The Morgan fingerprint density at radius 2 is 2.00 bits per heavy atom. The van der Waals surface area contributed by atoms with Gasteiger partial charge in [0.1, 0.15) is 19.0 Å². The molecule has 1 aliphatic heterocycles. The molecule has 0 atom stereocenters. The first kappa shape index (κ1) is 14.1. The number of halogens is 1. The van der Waals surface area contributed by atoms with Crippen molar-refractivity contribution >= 4 is 15.9 Å². The lowest BCUT2D eigenvalue weighted by atomic mass is 10.1. The average molecular weight is 351 g/mol. The van der Waals surface area contributed by atoms with Crippen LogP contribution in [0.4, 0.5) is 0 Å². The van der Waals surface area contributed by atoms with Crippen molar-refractivity contribution in [3.8, 4) is 22.9 Å². The van der Waals surface area contributed by atoms with Crippen LogP contribution in [0.2, 0.25) is 0 Å². The summed E-state index contributed by atoms with van der Waals surface area (Å²) in [6.07, 6.45) is 0. The van der Waals surface area contributed by atoms with E-state index in [4.69, 9.17) is 9.47 Å². The molecule has 1 N–H and O–H groups in total. The molecule has 0 fully saturated rings. The highest BCUT2D eigenvalue weighted by atomic mass is 79.9. The maximum atomic E-state index is 11.8. The average Bonchev–Trinajstić information content (AvgIpc) is 2.46. The zero-order valence-electron chi connectivity index (χ0n) is 11.8. The predicted octanol–water partition coefficient (Wildman–Crippen LogP) is 3.09. The van der Waals surface area contributed by atoms with E-state index < -0.39 is 0 Å². The molecule has 110 valence electrons. The van der Waals surface area contributed by atoms with Gasteiger partial charge in [-0.25, -0.2) is 4.98 Å². The maximum absolute atomic E-state index is 11.8. The molecule has 0 unspecified atom stereocenters. The van der Waals surface area contributed by atoms with E-state index in [9.17, 15) is 4.79 Å². The third-order valence-corrected chi connectivity index (χ3v) is 3.81. The monoisotopic (exact) mass is 350 g/mol. The van der Waals surface area contributed by atoms with Gasteiger partial charge in [-0.1, -0.05) is 13.8 Å². The molecule has 0 aliphatic carbocycles. The fourth-order valence-electron chi connectivity index (χ4n) is 2.16. The minimum absolute atomic E-state index is 0.158.